The number of rotatable bonds is 5. The second-order valence-corrected chi connectivity index (χ2v) is 8.26. The normalized spacial score (nSPS) is 25.2. The molecule has 0 bridgehead atoms. The number of amides is 2. The standard InChI is InChI=1S/C23H30N2O3/c1-28-19-11-5-2-8-17(19)16-24-22(27)23-14-7-6-12-20(23)25(21(26)13-15-23)18-9-3-4-10-18/h2,5,8,11-12,18H,3-4,6-7,9-10,13-16H2,1H3,(H,24,27). The van der Waals surface area contributed by atoms with Crippen LogP contribution in [0.5, 0.6) is 5.75 Å². The number of carbonyl (C=O) groups is 2. The second kappa shape index (κ2) is 7.98. The van der Waals surface area contributed by atoms with E-state index in [0.717, 1.165) is 49.1 Å². The van der Waals surface area contributed by atoms with Crippen LogP contribution in [0.25, 0.3) is 0 Å². The van der Waals surface area contributed by atoms with Crippen LogP contribution in [0, 0.1) is 5.41 Å². The molecule has 1 heterocycles. The average Bonchev–Trinajstić information content (AvgIpc) is 3.26. The maximum Gasteiger partial charge on any atom is 0.232 e. The number of benzene rings is 1. The Labute approximate surface area is 167 Å². The molecule has 1 N–H and O–H groups in total. The number of carbonyl (C=O) groups excluding carboxylic acids is 2. The molecule has 1 aliphatic heterocycles. The first kappa shape index (κ1) is 19.0. The molecule has 0 radical (unpaired) electrons. The first-order chi connectivity index (χ1) is 13.7. The van der Waals surface area contributed by atoms with Gasteiger partial charge in [-0.15, -0.1) is 0 Å². The Hall–Kier alpha value is -2.30. The average molecular weight is 383 g/mol. The van der Waals surface area contributed by atoms with Crippen molar-refractivity contribution < 1.29 is 14.3 Å². The maximum absolute atomic E-state index is 13.5. The van der Waals surface area contributed by atoms with Crippen LogP contribution >= 0.6 is 0 Å². The van der Waals surface area contributed by atoms with Gasteiger partial charge < -0.3 is 15.0 Å². The number of fused-ring (bicyclic) bond motifs is 1. The molecule has 2 aliphatic carbocycles. The molecule has 5 heteroatoms. The van der Waals surface area contributed by atoms with Gasteiger partial charge in [0.25, 0.3) is 0 Å². The monoisotopic (exact) mass is 382 g/mol. The number of ether oxygens (including phenoxy) is 1. The van der Waals surface area contributed by atoms with Gasteiger partial charge in [-0.25, -0.2) is 0 Å². The Kier molecular flexibility index (Phi) is 5.42. The summed E-state index contributed by atoms with van der Waals surface area (Å²) in [5, 5.41) is 3.16. The van der Waals surface area contributed by atoms with E-state index in [2.05, 4.69) is 11.4 Å². The van der Waals surface area contributed by atoms with Gasteiger partial charge in [-0.1, -0.05) is 37.1 Å². The zero-order valence-corrected chi connectivity index (χ0v) is 16.7. The number of allylic oxidation sites excluding steroid dienone is 1. The molecule has 28 heavy (non-hydrogen) atoms. The van der Waals surface area contributed by atoms with Crippen molar-refractivity contribution in [2.24, 2.45) is 5.41 Å². The summed E-state index contributed by atoms with van der Waals surface area (Å²) in [5.74, 6) is 1.04. The number of piperidine rings is 1. The fraction of sp³-hybridized carbons (Fsp3) is 0.565. The fourth-order valence-corrected chi connectivity index (χ4v) is 5.22. The molecule has 1 aromatic carbocycles. The molecule has 3 aliphatic rings. The van der Waals surface area contributed by atoms with Gasteiger partial charge in [0.15, 0.2) is 0 Å². The van der Waals surface area contributed by atoms with Crippen LogP contribution in [0.2, 0.25) is 0 Å². The summed E-state index contributed by atoms with van der Waals surface area (Å²) in [5.41, 5.74) is 1.39. The largest absolute Gasteiger partial charge is 0.496 e. The Balaban J connectivity index is 1.57. The van der Waals surface area contributed by atoms with Crippen molar-refractivity contribution in [3.05, 3.63) is 41.6 Å². The molecule has 2 fully saturated rings. The van der Waals surface area contributed by atoms with E-state index in [-0.39, 0.29) is 17.9 Å². The Bertz CT molecular complexity index is 782. The van der Waals surface area contributed by atoms with E-state index in [1.54, 1.807) is 7.11 Å². The quantitative estimate of drug-likeness (QED) is 0.839. The molecule has 0 spiro atoms. The second-order valence-electron chi connectivity index (χ2n) is 8.26. The van der Waals surface area contributed by atoms with Crippen molar-refractivity contribution in [1.82, 2.24) is 10.2 Å². The summed E-state index contributed by atoms with van der Waals surface area (Å²) in [6, 6.07) is 8.04. The van der Waals surface area contributed by atoms with Gasteiger partial charge in [-0.2, -0.15) is 0 Å². The summed E-state index contributed by atoms with van der Waals surface area (Å²) in [6.45, 7) is 0.440. The molecule has 1 saturated heterocycles. The van der Waals surface area contributed by atoms with Crippen molar-refractivity contribution in [3.8, 4) is 5.75 Å². The number of para-hydroxylation sites is 1. The summed E-state index contributed by atoms with van der Waals surface area (Å²) in [7, 11) is 1.65. The molecular formula is C23H30N2O3. The lowest BCUT2D eigenvalue weighted by molar-refractivity contribution is -0.142. The maximum atomic E-state index is 13.5. The minimum absolute atomic E-state index is 0.0554. The van der Waals surface area contributed by atoms with Crippen molar-refractivity contribution >= 4 is 11.8 Å². The number of nitrogens with one attached hydrogen (secondary N) is 1. The molecule has 1 atom stereocenters. The Morgan fingerprint density at radius 2 is 2.00 bits per heavy atom. The molecule has 5 nitrogen and oxygen atoms in total. The molecule has 150 valence electrons. The van der Waals surface area contributed by atoms with Crippen LogP contribution in [-0.2, 0) is 16.1 Å². The lowest BCUT2D eigenvalue weighted by atomic mass is 9.68. The summed E-state index contributed by atoms with van der Waals surface area (Å²) < 4.78 is 5.41. The van der Waals surface area contributed by atoms with E-state index >= 15 is 0 Å². The van der Waals surface area contributed by atoms with Crippen LogP contribution in [0.15, 0.2) is 36.0 Å². The first-order valence-corrected chi connectivity index (χ1v) is 10.6. The van der Waals surface area contributed by atoms with Gasteiger partial charge in [-0.05, 0) is 44.6 Å². The highest BCUT2D eigenvalue weighted by atomic mass is 16.5. The van der Waals surface area contributed by atoms with E-state index in [1.807, 2.05) is 29.2 Å². The van der Waals surface area contributed by atoms with Crippen LogP contribution in [0.1, 0.15) is 63.4 Å². The van der Waals surface area contributed by atoms with Crippen LogP contribution in [0.3, 0.4) is 0 Å². The SMILES string of the molecule is COc1ccccc1CNC(=O)C12CCCC=C1N(C1CCCC1)C(=O)CC2. The summed E-state index contributed by atoms with van der Waals surface area (Å²) in [6.07, 6.45) is 10.5. The van der Waals surface area contributed by atoms with Gasteiger partial charge in [-0.3, -0.25) is 9.59 Å². The van der Waals surface area contributed by atoms with Crippen LogP contribution < -0.4 is 10.1 Å². The molecule has 1 unspecified atom stereocenters. The minimum atomic E-state index is -0.559. The van der Waals surface area contributed by atoms with E-state index in [4.69, 9.17) is 4.74 Å². The van der Waals surface area contributed by atoms with Crippen LogP contribution in [0.4, 0.5) is 0 Å². The summed E-state index contributed by atoms with van der Waals surface area (Å²) >= 11 is 0. The van der Waals surface area contributed by atoms with E-state index in [1.165, 1.54) is 12.8 Å². The molecule has 2 amide bonds. The number of methoxy groups -OCH3 is 1. The third-order valence-corrected chi connectivity index (χ3v) is 6.69. The Morgan fingerprint density at radius 3 is 2.79 bits per heavy atom. The van der Waals surface area contributed by atoms with Gasteiger partial charge >= 0.3 is 0 Å². The van der Waals surface area contributed by atoms with Gasteiger partial charge in [0, 0.05) is 30.3 Å². The van der Waals surface area contributed by atoms with Crippen molar-refractivity contribution in [2.75, 3.05) is 7.11 Å². The van der Waals surface area contributed by atoms with Gasteiger partial charge in [0.05, 0.1) is 12.5 Å². The van der Waals surface area contributed by atoms with E-state index < -0.39 is 5.41 Å². The highest BCUT2D eigenvalue weighted by molar-refractivity contribution is 5.91. The molecule has 1 saturated carbocycles. The molecular weight excluding hydrogens is 352 g/mol. The van der Waals surface area contributed by atoms with E-state index in [0.29, 0.717) is 19.4 Å². The smallest absolute Gasteiger partial charge is 0.232 e. The third-order valence-electron chi connectivity index (χ3n) is 6.69. The first-order valence-electron chi connectivity index (χ1n) is 10.6. The highest BCUT2D eigenvalue weighted by Crippen LogP contribution is 2.49. The topological polar surface area (TPSA) is 58.6 Å². The molecule has 0 aromatic heterocycles. The minimum Gasteiger partial charge on any atom is -0.496 e. The zero-order valence-electron chi connectivity index (χ0n) is 16.7. The molecule has 1 aromatic rings. The zero-order chi connectivity index (χ0) is 19.6. The van der Waals surface area contributed by atoms with Crippen molar-refractivity contribution in [1.29, 1.82) is 0 Å². The highest BCUT2D eigenvalue weighted by Gasteiger charge is 2.51. The van der Waals surface area contributed by atoms with Crippen LogP contribution in [-0.4, -0.2) is 29.9 Å². The van der Waals surface area contributed by atoms with Gasteiger partial charge in [0.2, 0.25) is 11.8 Å². The Morgan fingerprint density at radius 1 is 1.21 bits per heavy atom. The lowest BCUT2D eigenvalue weighted by Crippen LogP contribution is -2.55. The summed E-state index contributed by atoms with van der Waals surface area (Å²) in [4.78, 5) is 28.3. The predicted molar refractivity (Wildman–Crippen MR) is 108 cm³/mol. The number of hydrogen-bond donors (Lipinski definition) is 1. The lowest BCUT2D eigenvalue weighted by Gasteiger charge is -2.48. The number of likely N-dealkylation sites (tertiary alicyclic amines) is 1. The fourth-order valence-electron chi connectivity index (χ4n) is 5.22. The van der Waals surface area contributed by atoms with Gasteiger partial charge in [0.1, 0.15) is 5.75 Å². The number of hydrogen-bond acceptors (Lipinski definition) is 3. The van der Waals surface area contributed by atoms with E-state index in [9.17, 15) is 9.59 Å². The van der Waals surface area contributed by atoms with Crippen molar-refractivity contribution in [2.45, 2.75) is 70.4 Å². The molecule has 4 rings (SSSR count). The number of nitrogens with zero attached hydrogens (tertiary/aromatic N) is 1. The predicted octanol–water partition coefficient (Wildman–Crippen LogP) is 3.93. The van der Waals surface area contributed by atoms with Crippen molar-refractivity contribution in [3.63, 3.8) is 0 Å². The third kappa shape index (κ3) is 3.31.